The van der Waals surface area contributed by atoms with Crippen molar-refractivity contribution in [3.63, 3.8) is 0 Å². The Morgan fingerprint density at radius 2 is 2.06 bits per heavy atom. The van der Waals surface area contributed by atoms with Crippen molar-refractivity contribution >= 4 is 17.4 Å². The largest absolute Gasteiger partial charge is 0.496 e. The quantitative estimate of drug-likeness (QED) is 0.894. The van der Waals surface area contributed by atoms with E-state index in [1.807, 2.05) is 33.0 Å². The summed E-state index contributed by atoms with van der Waals surface area (Å²) in [6.45, 7) is 3.95. The molecule has 0 atom stereocenters. The average molecular weight is 266 g/mol. The van der Waals surface area contributed by atoms with Gasteiger partial charge in [-0.3, -0.25) is 5.10 Å². The number of methoxy groups -OCH3 is 1. The van der Waals surface area contributed by atoms with E-state index in [9.17, 15) is 0 Å². The van der Waals surface area contributed by atoms with Crippen LogP contribution in [0.1, 0.15) is 11.1 Å². The van der Waals surface area contributed by atoms with Gasteiger partial charge in [0.25, 0.3) is 0 Å². The van der Waals surface area contributed by atoms with Gasteiger partial charge in [0.05, 0.1) is 12.8 Å². The van der Waals surface area contributed by atoms with Gasteiger partial charge in [-0.05, 0) is 31.0 Å². The van der Waals surface area contributed by atoms with Crippen LogP contribution in [-0.2, 0) is 0 Å². The number of halogens is 1. The third kappa shape index (κ3) is 2.04. The number of nitrogens with zero attached hydrogens (tertiary/aromatic N) is 1. The van der Waals surface area contributed by atoms with Crippen molar-refractivity contribution in [3.05, 3.63) is 28.3 Å². The summed E-state index contributed by atoms with van der Waals surface area (Å²) >= 11 is 6.30. The fourth-order valence-corrected chi connectivity index (χ4v) is 2.15. The van der Waals surface area contributed by atoms with Crippen LogP contribution < -0.4 is 10.1 Å². The van der Waals surface area contributed by atoms with Crippen molar-refractivity contribution in [3.8, 4) is 17.0 Å². The highest BCUT2D eigenvalue weighted by Gasteiger charge is 2.16. The van der Waals surface area contributed by atoms with Crippen molar-refractivity contribution in [2.45, 2.75) is 13.8 Å². The molecule has 0 aliphatic heterocycles. The van der Waals surface area contributed by atoms with Gasteiger partial charge in [0, 0.05) is 23.7 Å². The molecular weight excluding hydrogens is 250 g/mol. The molecule has 0 saturated heterocycles. The molecule has 0 radical (unpaired) electrons. The maximum atomic E-state index is 6.30. The fraction of sp³-hybridized carbons (Fsp3) is 0.308. The van der Waals surface area contributed by atoms with Crippen molar-refractivity contribution in [2.75, 3.05) is 19.5 Å². The highest BCUT2D eigenvalue weighted by atomic mass is 35.5. The number of aromatic amines is 1. The summed E-state index contributed by atoms with van der Waals surface area (Å²) in [5.74, 6) is 1.57. The summed E-state index contributed by atoms with van der Waals surface area (Å²) in [5.41, 5.74) is 3.82. The number of nitrogens with one attached hydrogen (secondary N) is 2. The van der Waals surface area contributed by atoms with E-state index in [-0.39, 0.29) is 0 Å². The first-order chi connectivity index (χ1) is 8.58. The summed E-state index contributed by atoms with van der Waals surface area (Å²) in [5, 5.41) is 10.9. The summed E-state index contributed by atoms with van der Waals surface area (Å²) < 4.78 is 5.43. The van der Waals surface area contributed by atoms with E-state index in [1.54, 1.807) is 7.11 Å². The third-order valence-electron chi connectivity index (χ3n) is 2.97. The molecule has 0 unspecified atom stereocenters. The number of rotatable bonds is 3. The standard InChI is InChI=1S/C13H16ClN3O/c1-7-5-10(18-4)12(8(2)13(7)14)9-6-11(15-3)17-16-9/h5-6H,1-4H3,(H2,15,16,17). The van der Waals surface area contributed by atoms with Crippen molar-refractivity contribution in [1.29, 1.82) is 0 Å². The number of H-pyrrole nitrogens is 1. The van der Waals surface area contributed by atoms with E-state index in [0.717, 1.165) is 39.0 Å². The summed E-state index contributed by atoms with van der Waals surface area (Å²) in [7, 11) is 3.48. The van der Waals surface area contributed by atoms with Crippen LogP contribution in [0.4, 0.5) is 5.82 Å². The topological polar surface area (TPSA) is 49.9 Å². The zero-order valence-electron chi connectivity index (χ0n) is 10.9. The summed E-state index contributed by atoms with van der Waals surface area (Å²) in [4.78, 5) is 0. The Morgan fingerprint density at radius 1 is 1.33 bits per heavy atom. The average Bonchev–Trinajstić information content (AvgIpc) is 2.83. The molecule has 2 N–H and O–H groups in total. The van der Waals surface area contributed by atoms with Crippen molar-refractivity contribution < 1.29 is 4.74 Å². The molecule has 1 heterocycles. The van der Waals surface area contributed by atoms with Gasteiger partial charge < -0.3 is 10.1 Å². The summed E-state index contributed by atoms with van der Waals surface area (Å²) in [6.07, 6.45) is 0. The van der Waals surface area contributed by atoms with Crippen LogP contribution in [0.2, 0.25) is 5.02 Å². The highest BCUT2D eigenvalue weighted by molar-refractivity contribution is 6.32. The molecule has 4 nitrogen and oxygen atoms in total. The van der Waals surface area contributed by atoms with Crippen LogP contribution >= 0.6 is 11.6 Å². The van der Waals surface area contributed by atoms with Crippen molar-refractivity contribution in [1.82, 2.24) is 10.2 Å². The van der Waals surface area contributed by atoms with E-state index < -0.39 is 0 Å². The maximum Gasteiger partial charge on any atom is 0.148 e. The Kier molecular flexibility index (Phi) is 3.48. The van der Waals surface area contributed by atoms with Crippen LogP contribution in [0.15, 0.2) is 12.1 Å². The molecule has 0 bridgehead atoms. The van der Waals surface area contributed by atoms with Gasteiger partial charge in [0.1, 0.15) is 11.6 Å². The minimum Gasteiger partial charge on any atom is -0.496 e. The van der Waals surface area contributed by atoms with Crippen LogP contribution in [0, 0.1) is 13.8 Å². The van der Waals surface area contributed by atoms with E-state index in [2.05, 4.69) is 15.5 Å². The molecule has 0 aliphatic carbocycles. The van der Waals surface area contributed by atoms with Gasteiger partial charge in [0.2, 0.25) is 0 Å². The Balaban J connectivity index is 2.65. The molecule has 0 fully saturated rings. The monoisotopic (exact) mass is 265 g/mol. The lowest BCUT2D eigenvalue weighted by molar-refractivity contribution is 0.415. The lowest BCUT2D eigenvalue weighted by atomic mass is 10.0. The predicted octanol–water partition coefficient (Wildman–Crippen LogP) is 3.40. The SMILES string of the molecule is CNc1cc(-c2c(OC)cc(C)c(Cl)c2C)[nH]n1. The Hall–Kier alpha value is -1.68. The number of benzene rings is 1. The second-order valence-corrected chi connectivity index (χ2v) is 4.50. The number of ether oxygens (including phenoxy) is 1. The van der Waals surface area contributed by atoms with E-state index >= 15 is 0 Å². The zero-order chi connectivity index (χ0) is 13.3. The van der Waals surface area contributed by atoms with Gasteiger partial charge in [-0.15, -0.1) is 0 Å². The molecule has 0 aliphatic rings. The highest BCUT2D eigenvalue weighted by Crippen LogP contribution is 2.38. The van der Waals surface area contributed by atoms with E-state index in [1.165, 1.54) is 0 Å². The molecular formula is C13H16ClN3O. The van der Waals surface area contributed by atoms with Crippen LogP contribution in [0.5, 0.6) is 5.75 Å². The number of aromatic nitrogens is 2. The molecule has 0 saturated carbocycles. The molecule has 0 amide bonds. The van der Waals surface area contributed by atoms with Crippen LogP contribution in [0.25, 0.3) is 11.3 Å². The number of hydrogen-bond donors (Lipinski definition) is 2. The second kappa shape index (κ2) is 4.90. The number of anilines is 1. The lowest BCUT2D eigenvalue weighted by Crippen LogP contribution is -1.94. The normalized spacial score (nSPS) is 10.5. The second-order valence-electron chi connectivity index (χ2n) is 4.13. The minimum atomic E-state index is 0.756. The van der Waals surface area contributed by atoms with Crippen LogP contribution in [-0.4, -0.2) is 24.4 Å². The van der Waals surface area contributed by atoms with Gasteiger partial charge >= 0.3 is 0 Å². The van der Waals surface area contributed by atoms with E-state index in [4.69, 9.17) is 16.3 Å². The molecule has 2 rings (SSSR count). The van der Waals surface area contributed by atoms with E-state index in [0.29, 0.717) is 0 Å². The Labute approximate surface area is 111 Å². The first kappa shape index (κ1) is 12.8. The molecule has 1 aromatic carbocycles. The Morgan fingerprint density at radius 3 is 2.61 bits per heavy atom. The lowest BCUT2D eigenvalue weighted by Gasteiger charge is -2.13. The van der Waals surface area contributed by atoms with Gasteiger partial charge in [0.15, 0.2) is 0 Å². The Bertz CT molecular complexity index is 578. The number of aryl methyl sites for hydroxylation is 1. The number of hydrogen-bond acceptors (Lipinski definition) is 3. The van der Waals surface area contributed by atoms with Crippen LogP contribution in [0.3, 0.4) is 0 Å². The van der Waals surface area contributed by atoms with Gasteiger partial charge in [-0.25, -0.2) is 0 Å². The molecule has 96 valence electrons. The predicted molar refractivity (Wildman–Crippen MR) is 74.6 cm³/mol. The van der Waals surface area contributed by atoms with Gasteiger partial charge in [-0.1, -0.05) is 11.6 Å². The molecule has 1 aromatic heterocycles. The zero-order valence-corrected chi connectivity index (χ0v) is 11.6. The smallest absolute Gasteiger partial charge is 0.148 e. The molecule has 18 heavy (non-hydrogen) atoms. The van der Waals surface area contributed by atoms with Gasteiger partial charge in [-0.2, -0.15) is 5.10 Å². The summed E-state index contributed by atoms with van der Waals surface area (Å²) in [6, 6.07) is 3.86. The fourth-order valence-electron chi connectivity index (χ4n) is 2.00. The maximum absolute atomic E-state index is 6.30. The first-order valence-corrected chi connectivity index (χ1v) is 6.03. The van der Waals surface area contributed by atoms with Crippen molar-refractivity contribution in [2.24, 2.45) is 0 Å². The first-order valence-electron chi connectivity index (χ1n) is 5.65. The minimum absolute atomic E-state index is 0.756. The molecule has 2 aromatic rings. The molecule has 5 heteroatoms. The molecule has 0 spiro atoms. The third-order valence-corrected chi connectivity index (χ3v) is 3.55.